The van der Waals surface area contributed by atoms with Gasteiger partial charge < -0.3 is 19.7 Å². The number of nitrogens with one attached hydrogen (secondary N) is 1. The standard InChI is InChI=1S/C25H27N7O6S2/c1-16-22(40(35,36)32-11-9-30(10-12-32)25-26-7-4-8-27-25)21-23(39-16)28-15-31(24(21)34)14-20(33)29-17-5-6-18(37-2)19(13-17)38-3/h4-8,13,15H,9-12,14H2,1-3H3,(H,29,33). The molecule has 3 aromatic heterocycles. The maximum atomic E-state index is 13.8. The van der Waals surface area contributed by atoms with Crippen LogP contribution in [0.4, 0.5) is 11.6 Å². The number of sulfonamides is 1. The normalized spacial score (nSPS) is 14.3. The molecule has 1 aliphatic rings. The zero-order valence-electron chi connectivity index (χ0n) is 22.0. The Morgan fingerprint density at radius 3 is 2.42 bits per heavy atom. The van der Waals surface area contributed by atoms with Crippen molar-refractivity contribution in [3.8, 4) is 11.5 Å². The van der Waals surface area contributed by atoms with Gasteiger partial charge in [0.15, 0.2) is 11.5 Å². The first kappa shape index (κ1) is 27.5. The number of thiophene rings is 1. The zero-order chi connectivity index (χ0) is 28.4. The van der Waals surface area contributed by atoms with Crippen LogP contribution in [0, 0.1) is 6.92 Å². The number of amides is 1. The fraction of sp³-hybridized carbons (Fsp3) is 0.320. The van der Waals surface area contributed by atoms with Crippen molar-refractivity contribution in [1.82, 2.24) is 23.8 Å². The second kappa shape index (κ2) is 11.2. The lowest BCUT2D eigenvalue weighted by molar-refractivity contribution is -0.116. The molecule has 0 spiro atoms. The van der Waals surface area contributed by atoms with E-state index in [9.17, 15) is 18.0 Å². The number of carbonyl (C=O) groups is 1. The van der Waals surface area contributed by atoms with Gasteiger partial charge in [-0.25, -0.2) is 23.4 Å². The molecule has 5 rings (SSSR count). The molecule has 0 aliphatic carbocycles. The maximum absolute atomic E-state index is 13.8. The number of ether oxygens (including phenoxy) is 2. The van der Waals surface area contributed by atoms with Gasteiger partial charge in [0.1, 0.15) is 16.3 Å². The van der Waals surface area contributed by atoms with Gasteiger partial charge in [-0.3, -0.25) is 14.2 Å². The number of fused-ring (bicyclic) bond motifs is 1. The molecule has 1 aliphatic heterocycles. The first-order valence-corrected chi connectivity index (χ1v) is 14.5. The molecule has 210 valence electrons. The summed E-state index contributed by atoms with van der Waals surface area (Å²) in [4.78, 5) is 41.7. The maximum Gasteiger partial charge on any atom is 0.263 e. The van der Waals surface area contributed by atoms with Crippen LogP contribution in [-0.4, -0.2) is 78.5 Å². The van der Waals surface area contributed by atoms with Gasteiger partial charge in [-0.2, -0.15) is 4.31 Å². The molecule has 13 nitrogen and oxygen atoms in total. The summed E-state index contributed by atoms with van der Waals surface area (Å²) >= 11 is 1.13. The summed E-state index contributed by atoms with van der Waals surface area (Å²) in [5.41, 5.74) is -0.161. The summed E-state index contributed by atoms with van der Waals surface area (Å²) in [7, 11) is -1.03. The molecule has 40 heavy (non-hydrogen) atoms. The third-order valence-corrected chi connectivity index (χ3v) is 9.67. The van der Waals surface area contributed by atoms with Gasteiger partial charge in [0.25, 0.3) is 5.56 Å². The fourth-order valence-corrected chi connectivity index (χ4v) is 7.61. The molecule has 0 unspecified atom stereocenters. The van der Waals surface area contributed by atoms with Gasteiger partial charge in [0, 0.05) is 55.2 Å². The minimum atomic E-state index is -4.02. The van der Waals surface area contributed by atoms with Crippen LogP contribution in [0.1, 0.15) is 4.88 Å². The van der Waals surface area contributed by atoms with Crippen molar-refractivity contribution in [2.45, 2.75) is 18.4 Å². The second-order valence-corrected chi connectivity index (χ2v) is 12.0. The SMILES string of the molecule is COc1ccc(NC(=O)Cn2cnc3sc(C)c(S(=O)(=O)N4CCN(c5ncccn5)CC4)c3c2=O)cc1OC. The summed E-state index contributed by atoms with van der Waals surface area (Å²) in [6.45, 7) is 2.52. The van der Waals surface area contributed by atoms with Crippen molar-refractivity contribution in [3.05, 3.63) is 58.2 Å². The average molecular weight is 586 g/mol. The van der Waals surface area contributed by atoms with Crippen molar-refractivity contribution < 1.29 is 22.7 Å². The lowest BCUT2D eigenvalue weighted by Crippen LogP contribution is -2.49. The Morgan fingerprint density at radius 2 is 1.75 bits per heavy atom. The Hall–Kier alpha value is -4.08. The number of nitrogens with zero attached hydrogens (tertiary/aromatic N) is 6. The highest BCUT2D eigenvalue weighted by Gasteiger charge is 2.34. The molecule has 4 heterocycles. The quantitative estimate of drug-likeness (QED) is 0.324. The van der Waals surface area contributed by atoms with E-state index in [1.165, 1.54) is 24.9 Å². The highest BCUT2D eigenvalue weighted by molar-refractivity contribution is 7.89. The molecule has 1 aromatic carbocycles. The minimum absolute atomic E-state index is 0.0160. The van der Waals surface area contributed by atoms with Gasteiger partial charge in [0.05, 0.1) is 25.9 Å². The van der Waals surface area contributed by atoms with E-state index in [2.05, 4.69) is 20.3 Å². The lowest BCUT2D eigenvalue weighted by Gasteiger charge is -2.33. The Labute approximate surface area is 234 Å². The number of methoxy groups -OCH3 is 2. The molecule has 0 atom stereocenters. The van der Waals surface area contributed by atoms with E-state index >= 15 is 0 Å². The Bertz CT molecular complexity index is 1720. The molecular weight excluding hydrogens is 558 g/mol. The van der Waals surface area contributed by atoms with Crippen molar-refractivity contribution in [1.29, 1.82) is 0 Å². The molecular formula is C25H27N7O6S2. The molecule has 0 bridgehead atoms. The smallest absolute Gasteiger partial charge is 0.263 e. The van der Waals surface area contributed by atoms with E-state index in [1.807, 2.05) is 4.90 Å². The Balaban J connectivity index is 1.38. The average Bonchev–Trinajstić information content (AvgIpc) is 3.32. The highest BCUT2D eigenvalue weighted by atomic mass is 32.2. The summed E-state index contributed by atoms with van der Waals surface area (Å²) in [5, 5.41) is 2.69. The van der Waals surface area contributed by atoms with E-state index < -0.39 is 21.5 Å². The van der Waals surface area contributed by atoms with Crippen molar-refractivity contribution in [3.63, 3.8) is 0 Å². The number of hydrogen-bond donors (Lipinski definition) is 1. The van der Waals surface area contributed by atoms with Crippen LogP contribution < -0.4 is 25.2 Å². The van der Waals surface area contributed by atoms with Gasteiger partial charge >= 0.3 is 0 Å². The van der Waals surface area contributed by atoms with Gasteiger partial charge in [-0.1, -0.05) is 0 Å². The van der Waals surface area contributed by atoms with Crippen LogP contribution in [0.3, 0.4) is 0 Å². The molecule has 1 amide bonds. The zero-order valence-corrected chi connectivity index (χ0v) is 23.7. The highest BCUT2D eigenvalue weighted by Crippen LogP contribution is 2.33. The number of rotatable bonds is 8. The largest absolute Gasteiger partial charge is 0.493 e. The number of anilines is 2. The van der Waals surface area contributed by atoms with E-state index in [0.29, 0.717) is 45.9 Å². The summed E-state index contributed by atoms with van der Waals surface area (Å²) in [5.74, 6) is 0.977. The van der Waals surface area contributed by atoms with Crippen LogP contribution in [-0.2, 0) is 21.4 Å². The first-order chi connectivity index (χ1) is 19.2. The number of benzene rings is 1. The van der Waals surface area contributed by atoms with Gasteiger partial charge in [-0.15, -0.1) is 11.3 Å². The minimum Gasteiger partial charge on any atom is -0.493 e. The summed E-state index contributed by atoms with van der Waals surface area (Å²) < 4.78 is 40.5. The Kier molecular flexibility index (Phi) is 7.69. The molecule has 1 N–H and O–H groups in total. The summed E-state index contributed by atoms with van der Waals surface area (Å²) in [6, 6.07) is 6.60. The molecule has 0 saturated carbocycles. The number of carbonyl (C=O) groups excluding carboxylic acids is 1. The van der Waals surface area contributed by atoms with E-state index in [-0.39, 0.29) is 29.9 Å². The second-order valence-electron chi connectivity index (χ2n) is 8.90. The van der Waals surface area contributed by atoms with Crippen LogP contribution in [0.2, 0.25) is 0 Å². The third kappa shape index (κ3) is 5.22. The van der Waals surface area contributed by atoms with Crippen molar-refractivity contribution >= 4 is 49.1 Å². The summed E-state index contributed by atoms with van der Waals surface area (Å²) in [6.07, 6.45) is 4.53. The molecule has 1 saturated heterocycles. The lowest BCUT2D eigenvalue weighted by atomic mass is 10.2. The molecule has 0 radical (unpaired) electrons. The number of aryl methyl sites for hydroxylation is 1. The third-order valence-electron chi connectivity index (χ3n) is 6.45. The number of piperazine rings is 1. The number of aromatic nitrogens is 4. The van der Waals surface area contributed by atoms with E-state index in [1.54, 1.807) is 43.6 Å². The number of hydrogen-bond acceptors (Lipinski definition) is 11. The Morgan fingerprint density at radius 1 is 1.05 bits per heavy atom. The predicted molar refractivity (Wildman–Crippen MR) is 150 cm³/mol. The topological polar surface area (TPSA) is 149 Å². The van der Waals surface area contributed by atoms with E-state index in [4.69, 9.17) is 9.47 Å². The fourth-order valence-electron chi connectivity index (χ4n) is 4.52. The van der Waals surface area contributed by atoms with Crippen LogP contribution in [0.25, 0.3) is 10.2 Å². The molecule has 1 fully saturated rings. The van der Waals surface area contributed by atoms with Gasteiger partial charge in [-0.05, 0) is 25.1 Å². The predicted octanol–water partition coefficient (Wildman–Crippen LogP) is 1.72. The van der Waals surface area contributed by atoms with Crippen LogP contribution in [0.5, 0.6) is 11.5 Å². The molecule has 4 aromatic rings. The van der Waals surface area contributed by atoms with Crippen molar-refractivity contribution in [2.75, 3.05) is 50.6 Å². The van der Waals surface area contributed by atoms with E-state index in [0.717, 1.165) is 15.9 Å². The molecule has 15 heteroatoms. The monoisotopic (exact) mass is 585 g/mol. The first-order valence-electron chi connectivity index (χ1n) is 12.3. The van der Waals surface area contributed by atoms with Gasteiger partial charge in [0.2, 0.25) is 21.9 Å². The van der Waals surface area contributed by atoms with Crippen molar-refractivity contribution in [2.24, 2.45) is 0 Å². The van der Waals surface area contributed by atoms with Crippen LogP contribution in [0.15, 0.2) is 52.7 Å². The van der Waals surface area contributed by atoms with Crippen LogP contribution >= 0.6 is 11.3 Å².